The van der Waals surface area contributed by atoms with Crippen molar-refractivity contribution in [2.24, 2.45) is 0 Å². The molecule has 3 aliphatic heterocycles. The lowest BCUT2D eigenvalue weighted by atomic mass is 10.0. The summed E-state index contributed by atoms with van der Waals surface area (Å²) in [7, 11) is 0. The number of amides is 1. The van der Waals surface area contributed by atoms with Crippen LogP contribution in [0.15, 0.2) is 24.3 Å². The summed E-state index contributed by atoms with van der Waals surface area (Å²) in [6.45, 7) is 7.76. The molecule has 2 unspecified atom stereocenters. The molecule has 3 fully saturated rings. The van der Waals surface area contributed by atoms with Crippen molar-refractivity contribution in [3.63, 3.8) is 0 Å². The Morgan fingerprint density at radius 2 is 2.04 bits per heavy atom. The molecule has 0 spiro atoms. The summed E-state index contributed by atoms with van der Waals surface area (Å²) in [6.07, 6.45) is 4.16. The van der Waals surface area contributed by atoms with Gasteiger partial charge in [0.15, 0.2) is 0 Å². The van der Waals surface area contributed by atoms with E-state index in [1.54, 1.807) is 0 Å². The van der Waals surface area contributed by atoms with Crippen LogP contribution >= 0.6 is 0 Å². The number of carbonyl (C=O) groups excluding carboxylic acids is 1. The van der Waals surface area contributed by atoms with E-state index in [1.807, 2.05) is 0 Å². The first-order valence-corrected chi connectivity index (χ1v) is 10.3. The van der Waals surface area contributed by atoms with Gasteiger partial charge in [-0.25, -0.2) is 0 Å². The third-order valence-electron chi connectivity index (χ3n) is 6.09. The molecule has 3 heterocycles. The Kier molecular flexibility index (Phi) is 5.78. The number of hydrogen-bond donors (Lipinski definition) is 2. The highest BCUT2D eigenvalue weighted by atomic mass is 16.5. The molecule has 4 rings (SSSR count). The summed E-state index contributed by atoms with van der Waals surface area (Å²) >= 11 is 0. The van der Waals surface area contributed by atoms with Crippen molar-refractivity contribution in [2.45, 2.75) is 64.1 Å². The zero-order valence-corrected chi connectivity index (χ0v) is 16.5. The minimum atomic E-state index is -0.0765. The molecule has 1 aromatic rings. The summed E-state index contributed by atoms with van der Waals surface area (Å²) in [5.41, 5.74) is 2.67. The van der Waals surface area contributed by atoms with Crippen LogP contribution in [0.4, 0.5) is 0 Å². The number of likely N-dealkylation sites (tertiary alicyclic amines) is 1. The van der Waals surface area contributed by atoms with Gasteiger partial charge in [0.25, 0.3) is 0 Å². The van der Waals surface area contributed by atoms with Gasteiger partial charge in [-0.2, -0.15) is 0 Å². The second-order valence-electron chi connectivity index (χ2n) is 8.26. The quantitative estimate of drug-likeness (QED) is 0.838. The van der Waals surface area contributed by atoms with Gasteiger partial charge >= 0.3 is 0 Å². The predicted octanol–water partition coefficient (Wildman–Crippen LogP) is 1.44. The highest BCUT2D eigenvalue weighted by Crippen LogP contribution is 2.24. The molecule has 0 saturated carbocycles. The average Bonchev–Trinajstić information content (AvgIpc) is 3.11. The molecule has 1 aromatic carbocycles. The van der Waals surface area contributed by atoms with E-state index in [0.29, 0.717) is 12.5 Å². The van der Waals surface area contributed by atoms with E-state index in [1.165, 1.54) is 24.0 Å². The maximum absolute atomic E-state index is 12.4. The molecule has 0 aliphatic carbocycles. The van der Waals surface area contributed by atoms with Crippen LogP contribution in [0, 0.1) is 6.92 Å². The standard InChI is InChI=1S/C21H32N4O2/c1-15-5-7-17(8-6-15)12-18-4-3-9-25(18)21-22-19(13-20(26)23-21)24-10-11-27-16(2)14-24/h5-8,16,18-19,21-22H,3-4,9-14H2,1-2H3,(H,23,26)/t16-,18-,19?,21?/m1/s1. The number of nitrogens with zero attached hydrogens (tertiary/aromatic N) is 2. The number of nitrogens with one attached hydrogen (secondary N) is 2. The topological polar surface area (TPSA) is 56.8 Å². The lowest BCUT2D eigenvalue weighted by molar-refractivity contribution is -0.132. The maximum Gasteiger partial charge on any atom is 0.225 e. The molecule has 148 valence electrons. The number of rotatable bonds is 4. The molecule has 0 aromatic heterocycles. The minimum absolute atomic E-state index is 0.0765. The monoisotopic (exact) mass is 372 g/mol. The Morgan fingerprint density at radius 3 is 2.81 bits per heavy atom. The molecular formula is C21H32N4O2. The van der Waals surface area contributed by atoms with Crippen LogP contribution in [0.5, 0.6) is 0 Å². The Labute approximate surface area is 162 Å². The smallest absolute Gasteiger partial charge is 0.225 e. The molecule has 3 saturated heterocycles. The first-order chi connectivity index (χ1) is 13.1. The summed E-state index contributed by atoms with van der Waals surface area (Å²) in [5, 5.41) is 6.89. The van der Waals surface area contributed by atoms with Crippen LogP contribution in [0.25, 0.3) is 0 Å². The second-order valence-corrected chi connectivity index (χ2v) is 8.26. The lowest BCUT2D eigenvalue weighted by Gasteiger charge is -2.45. The fourth-order valence-corrected chi connectivity index (χ4v) is 4.62. The molecule has 3 aliphatic rings. The Bertz CT molecular complexity index is 650. The summed E-state index contributed by atoms with van der Waals surface area (Å²) < 4.78 is 5.66. The van der Waals surface area contributed by atoms with Crippen molar-refractivity contribution in [1.82, 2.24) is 20.4 Å². The van der Waals surface area contributed by atoms with E-state index >= 15 is 0 Å². The number of ether oxygens (including phenoxy) is 1. The summed E-state index contributed by atoms with van der Waals surface area (Å²) in [4.78, 5) is 17.2. The van der Waals surface area contributed by atoms with Gasteiger partial charge in [0.05, 0.1) is 25.3 Å². The van der Waals surface area contributed by atoms with Gasteiger partial charge < -0.3 is 10.1 Å². The third kappa shape index (κ3) is 4.51. The van der Waals surface area contributed by atoms with E-state index < -0.39 is 0 Å². The van der Waals surface area contributed by atoms with Gasteiger partial charge in [0, 0.05) is 25.7 Å². The molecule has 27 heavy (non-hydrogen) atoms. The van der Waals surface area contributed by atoms with E-state index in [0.717, 1.165) is 32.7 Å². The molecular weight excluding hydrogens is 340 g/mol. The Morgan fingerprint density at radius 1 is 1.22 bits per heavy atom. The van der Waals surface area contributed by atoms with E-state index in [9.17, 15) is 4.79 Å². The van der Waals surface area contributed by atoms with E-state index in [4.69, 9.17) is 4.74 Å². The second kappa shape index (κ2) is 8.27. The Balaban J connectivity index is 1.42. The van der Waals surface area contributed by atoms with Crippen molar-refractivity contribution in [2.75, 3.05) is 26.2 Å². The number of carbonyl (C=O) groups is 1. The zero-order valence-electron chi connectivity index (χ0n) is 16.5. The van der Waals surface area contributed by atoms with Crippen molar-refractivity contribution in [1.29, 1.82) is 0 Å². The first-order valence-electron chi connectivity index (χ1n) is 10.3. The van der Waals surface area contributed by atoms with Crippen molar-refractivity contribution in [3.8, 4) is 0 Å². The molecule has 6 nitrogen and oxygen atoms in total. The van der Waals surface area contributed by atoms with Crippen LogP contribution in [0.3, 0.4) is 0 Å². The van der Waals surface area contributed by atoms with Crippen LogP contribution < -0.4 is 10.6 Å². The van der Waals surface area contributed by atoms with Gasteiger partial charge in [0.2, 0.25) is 5.91 Å². The highest BCUT2D eigenvalue weighted by Gasteiger charge is 2.38. The zero-order chi connectivity index (χ0) is 18.8. The SMILES string of the molecule is Cc1ccc(C[C@H]2CCCN2C2NC(=O)CC(N3CCO[C@H](C)C3)N2)cc1. The van der Waals surface area contributed by atoms with Crippen LogP contribution in [0.2, 0.25) is 0 Å². The van der Waals surface area contributed by atoms with E-state index in [2.05, 4.69) is 58.5 Å². The molecule has 4 atom stereocenters. The number of morpholine rings is 1. The van der Waals surface area contributed by atoms with Gasteiger partial charge in [0.1, 0.15) is 6.29 Å². The van der Waals surface area contributed by atoms with Crippen molar-refractivity contribution in [3.05, 3.63) is 35.4 Å². The van der Waals surface area contributed by atoms with Crippen LogP contribution in [-0.4, -0.2) is 66.5 Å². The molecule has 0 radical (unpaired) electrons. The van der Waals surface area contributed by atoms with Crippen molar-refractivity contribution >= 4 is 5.91 Å². The maximum atomic E-state index is 12.4. The normalized spacial score (nSPS) is 33.2. The molecule has 2 N–H and O–H groups in total. The van der Waals surface area contributed by atoms with Gasteiger partial charge in [-0.3, -0.25) is 19.9 Å². The number of hydrogen-bond acceptors (Lipinski definition) is 5. The average molecular weight is 373 g/mol. The molecule has 1 amide bonds. The molecule has 6 heteroatoms. The fraction of sp³-hybridized carbons (Fsp3) is 0.667. The summed E-state index contributed by atoms with van der Waals surface area (Å²) in [6, 6.07) is 9.30. The largest absolute Gasteiger partial charge is 0.376 e. The van der Waals surface area contributed by atoms with Gasteiger partial charge in [-0.05, 0) is 38.7 Å². The first kappa shape index (κ1) is 18.9. The predicted molar refractivity (Wildman–Crippen MR) is 105 cm³/mol. The fourth-order valence-electron chi connectivity index (χ4n) is 4.62. The van der Waals surface area contributed by atoms with Crippen LogP contribution in [-0.2, 0) is 16.0 Å². The van der Waals surface area contributed by atoms with E-state index in [-0.39, 0.29) is 24.5 Å². The van der Waals surface area contributed by atoms with Gasteiger partial charge in [-0.1, -0.05) is 29.8 Å². The van der Waals surface area contributed by atoms with Crippen molar-refractivity contribution < 1.29 is 9.53 Å². The number of aryl methyl sites for hydroxylation is 1. The van der Waals surface area contributed by atoms with Gasteiger partial charge in [-0.15, -0.1) is 0 Å². The minimum Gasteiger partial charge on any atom is -0.376 e. The number of benzene rings is 1. The Hall–Kier alpha value is -1.47. The molecule has 0 bridgehead atoms. The lowest BCUT2D eigenvalue weighted by Crippen LogP contribution is -2.69. The third-order valence-corrected chi connectivity index (χ3v) is 6.09. The highest BCUT2D eigenvalue weighted by molar-refractivity contribution is 5.77. The van der Waals surface area contributed by atoms with Crippen LogP contribution in [0.1, 0.15) is 37.3 Å². The summed E-state index contributed by atoms with van der Waals surface area (Å²) in [5.74, 6) is 0.142.